The number of carboxylic acid groups (broad SMARTS) is 2. The maximum absolute atomic E-state index is 12.1. The van der Waals surface area contributed by atoms with Crippen LogP contribution in [0.25, 0.3) is 0 Å². The lowest BCUT2D eigenvalue weighted by Crippen LogP contribution is -2.51. The highest BCUT2D eigenvalue weighted by Gasteiger charge is 2.28. The van der Waals surface area contributed by atoms with Crippen LogP contribution in [0.3, 0.4) is 0 Å². The Balaban J connectivity index is 2.08. The summed E-state index contributed by atoms with van der Waals surface area (Å²) in [6.45, 7) is 2.78. The first kappa shape index (κ1) is 20.4. The number of carbonyl (C=O) groups excluding carboxylic acids is 1. The van der Waals surface area contributed by atoms with Crippen LogP contribution < -0.4 is 15.5 Å². The van der Waals surface area contributed by atoms with Gasteiger partial charge in [0.2, 0.25) is 0 Å². The third-order valence-corrected chi connectivity index (χ3v) is 4.11. The third kappa shape index (κ3) is 5.81. The van der Waals surface area contributed by atoms with E-state index in [-0.39, 0.29) is 18.7 Å². The number of aliphatic hydroxyl groups is 1. The zero-order valence-corrected chi connectivity index (χ0v) is 14.8. The minimum atomic E-state index is -1.52. The van der Waals surface area contributed by atoms with Crippen LogP contribution in [-0.4, -0.2) is 68.7 Å². The summed E-state index contributed by atoms with van der Waals surface area (Å²) in [6.07, 6.45) is 0.379. The molecule has 1 aromatic rings. The number of aliphatic hydroxyl groups excluding tert-OH is 1. The van der Waals surface area contributed by atoms with Gasteiger partial charge >= 0.3 is 18.0 Å². The van der Waals surface area contributed by atoms with E-state index in [1.807, 2.05) is 4.90 Å². The summed E-state index contributed by atoms with van der Waals surface area (Å²) in [5.41, 5.74) is 0. The molecule has 1 unspecified atom stereocenters. The highest BCUT2D eigenvalue weighted by molar-refractivity contribution is 5.83. The number of hydrogen-bond acceptors (Lipinski definition) is 8. The molecule has 1 aliphatic rings. The second-order valence-electron chi connectivity index (χ2n) is 6.29. The lowest BCUT2D eigenvalue weighted by atomic mass is 10.1. The highest BCUT2D eigenvalue weighted by Crippen LogP contribution is 2.22. The van der Waals surface area contributed by atoms with Gasteiger partial charge in [0, 0.05) is 19.5 Å². The van der Waals surface area contributed by atoms with Crippen molar-refractivity contribution in [3.05, 3.63) is 5.89 Å². The molecule has 0 spiro atoms. The first-order valence-electron chi connectivity index (χ1n) is 8.56. The van der Waals surface area contributed by atoms with Crippen molar-refractivity contribution in [2.24, 2.45) is 0 Å². The quantitative estimate of drug-likeness (QED) is 0.379. The highest BCUT2D eigenvalue weighted by atomic mass is 16.5. The molecular weight excluding hydrogens is 362 g/mol. The van der Waals surface area contributed by atoms with Gasteiger partial charge < -0.3 is 35.4 Å². The van der Waals surface area contributed by atoms with Crippen LogP contribution in [0.15, 0.2) is 4.52 Å². The van der Waals surface area contributed by atoms with Gasteiger partial charge in [0.1, 0.15) is 6.04 Å². The molecule has 1 saturated heterocycles. The second kappa shape index (κ2) is 9.16. The molecule has 0 radical (unpaired) electrons. The van der Waals surface area contributed by atoms with Gasteiger partial charge in [-0.1, -0.05) is 0 Å². The SMILES string of the molecule is CC(O)[C@H](NC(=O)N[C@@H](CCC(=O)O)c1nc(N2CCCC2)no1)C(=O)O. The molecule has 12 nitrogen and oxygen atoms in total. The standard InChI is InChI=1S/C15H23N5O7/c1-8(21)11(13(24)25)17-15(26)16-9(4-5-10(22)23)12-18-14(19-27-12)20-6-2-3-7-20/h8-9,11,21H,2-7H2,1H3,(H,22,23)(H,24,25)(H2,16,17,26)/t8?,9-,11-/m0/s1. The topological polar surface area (TPSA) is 178 Å². The van der Waals surface area contributed by atoms with Gasteiger partial charge in [0.05, 0.1) is 6.10 Å². The summed E-state index contributed by atoms with van der Waals surface area (Å²) in [5.74, 6) is -2.10. The number of nitrogens with zero attached hydrogens (tertiary/aromatic N) is 3. The molecule has 1 aliphatic heterocycles. The average molecular weight is 385 g/mol. The minimum Gasteiger partial charge on any atom is -0.481 e. The molecule has 2 amide bonds. The molecule has 12 heteroatoms. The van der Waals surface area contributed by atoms with E-state index in [0.717, 1.165) is 25.9 Å². The first-order chi connectivity index (χ1) is 12.8. The number of urea groups is 1. The number of hydrogen-bond donors (Lipinski definition) is 5. The zero-order chi connectivity index (χ0) is 20.0. The van der Waals surface area contributed by atoms with E-state index >= 15 is 0 Å². The number of rotatable bonds is 9. The van der Waals surface area contributed by atoms with Gasteiger partial charge in [-0.15, -0.1) is 0 Å². The predicted octanol–water partition coefficient (Wildman–Crippen LogP) is -0.291. The Bertz CT molecular complexity index is 671. The van der Waals surface area contributed by atoms with Crippen molar-refractivity contribution in [3.8, 4) is 0 Å². The number of aromatic nitrogens is 2. The van der Waals surface area contributed by atoms with Crippen molar-refractivity contribution in [2.75, 3.05) is 18.0 Å². The fourth-order valence-electron chi connectivity index (χ4n) is 2.67. The lowest BCUT2D eigenvalue weighted by Gasteiger charge is -2.20. The van der Waals surface area contributed by atoms with E-state index < -0.39 is 36.2 Å². The molecule has 27 heavy (non-hydrogen) atoms. The molecule has 150 valence electrons. The number of carbonyl (C=O) groups is 3. The number of nitrogens with one attached hydrogen (secondary N) is 2. The normalized spacial score (nSPS) is 17.2. The van der Waals surface area contributed by atoms with Crippen LogP contribution in [-0.2, 0) is 9.59 Å². The zero-order valence-electron chi connectivity index (χ0n) is 14.8. The smallest absolute Gasteiger partial charge is 0.328 e. The Morgan fingerprint density at radius 3 is 2.44 bits per heavy atom. The summed E-state index contributed by atoms with van der Waals surface area (Å²) in [7, 11) is 0. The van der Waals surface area contributed by atoms with Gasteiger partial charge in [-0.3, -0.25) is 4.79 Å². The van der Waals surface area contributed by atoms with Gasteiger partial charge in [0.25, 0.3) is 11.8 Å². The number of anilines is 1. The summed E-state index contributed by atoms with van der Waals surface area (Å²) in [4.78, 5) is 40.2. The fraction of sp³-hybridized carbons (Fsp3) is 0.667. The van der Waals surface area contributed by atoms with Crippen molar-refractivity contribution in [3.63, 3.8) is 0 Å². The van der Waals surface area contributed by atoms with Crippen molar-refractivity contribution in [2.45, 2.75) is 50.8 Å². The van der Waals surface area contributed by atoms with Crippen molar-refractivity contribution >= 4 is 23.9 Å². The van der Waals surface area contributed by atoms with Gasteiger partial charge in [-0.2, -0.15) is 4.98 Å². The Kier molecular flexibility index (Phi) is 6.93. The first-order valence-corrected chi connectivity index (χ1v) is 8.56. The van der Waals surface area contributed by atoms with Crippen LogP contribution in [0, 0.1) is 0 Å². The van der Waals surface area contributed by atoms with Gasteiger partial charge in [-0.05, 0) is 31.3 Å². The van der Waals surface area contributed by atoms with E-state index in [0.29, 0.717) is 5.95 Å². The largest absolute Gasteiger partial charge is 0.481 e. The monoisotopic (exact) mass is 385 g/mol. The van der Waals surface area contributed by atoms with E-state index in [1.165, 1.54) is 6.92 Å². The Hall–Kier alpha value is -2.89. The van der Waals surface area contributed by atoms with Crippen LogP contribution in [0.2, 0.25) is 0 Å². The molecule has 3 atom stereocenters. The van der Waals surface area contributed by atoms with E-state index in [1.54, 1.807) is 0 Å². The van der Waals surface area contributed by atoms with E-state index in [9.17, 15) is 19.5 Å². The molecular formula is C15H23N5O7. The van der Waals surface area contributed by atoms with Crippen molar-refractivity contribution in [1.82, 2.24) is 20.8 Å². The van der Waals surface area contributed by atoms with Crippen LogP contribution in [0.5, 0.6) is 0 Å². The molecule has 2 rings (SSSR count). The van der Waals surface area contributed by atoms with Crippen LogP contribution >= 0.6 is 0 Å². The maximum atomic E-state index is 12.1. The molecule has 2 heterocycles. The summed E-state index contributed by atoms with van der Waals surface area (Å²) < 4.78 is 5.17. The van der Waals surface area contributed by atoms with Crippen LogP contribution in [0.4, 0.5) is 10.7 Å². The number of aliphatic carboxylic acids is 2. The maximum Gasteiger partial charge on any atom is 0.328 e. The van der Waals surface area contributed by atoms with E-state index in [4.69, 9.17) is 14.7 Å². The molecule has 1 aromatic heterocycles. The summed E-state index contributed by atoms with van der Waals surface area (Å²) in [5, 5.41) is 35.8. The lowest BCUT2D eigenvalue weighted by molar-refractivity contribution is -0.141. The molecule has 0 saturated carbocycles. The minimum absolute atomic E-state index is 0.0252. The summed E-state index contributed by atoms with van der Waals surface area (Å²) in [6, 6.07) is -3.35. The van der Waals surface area contributed by atoms with Crippen molar-refractivity contribution < 1.29 is 34.2 Å². The van der Waals surface area contributed by atoms with E-state index in [2.05, 4.69) is 20.8 Å². The number of amides is 2. The molecule has 0 bridgehead atoms. The predicted molar refractivity (Wildman–Crippen MR) is 90.1 cm³/mol. The van der Waals surface area contributed by atoms with Crippen LogP contribution in [0.1, 0.15) is 44.5 Å². The summed E-state index contributed by atoms with van der Waals surface area (Å²) >= 11 is 0. The third-order valence-electron chi connectivity index (χ3n) is 4.11. The van der Waals surface area contributed by atoms with Gasteiger partial charge in [-0.25, -0.2) is 9.59 Å². The molecule has 0 aliphatic carbocycles. The molecule has 0 aromatic carbocycles. The van der Waals surface area contributed by atoms with Gasteiger partial charge in [0.15, 0.2) is 6.04 Å². The molecule has 5 N–H and O–H groups in total. The average Bonchev–Trinajstić information content (AvgIpc) is 3.26. The Morgan fingerprint density at radius 1 is 1.22 bits per heavy atom. The Morgan fingerprint density at radius 2 is 1.89 bits per heavy atom. The molecule has 1 fully saturated rings. The fourth-order valence-corrected chi connectivity index (χ4v) is 2.67. The second-order valence-corrected chi connectivity index (χ2v) is 6.29. The Labute approximate surface area is 154 Å². The van der Waals surface area contributed by atoms with Crippen molar-refractivity contribution in [1.29, 1.82) is 0 Å². The number of carboxylic acids is 2.